The minimum absolute atomic E-state index is 0.0830. The Kier molecular flexibility index (Phi) is 7.05. The first-order valence-corrected chi connectivity index (χ1v) is 7.58. The van der Waals surface area contributed by atoms with E-state index in [1.54, 1.807) is 18.2 Å². The van der Waals surface area contributed by atoms with Crippen LogP contribution in [0.3, 0.4) is 0 Å². The molecular formula is C13H16BrCl2NO. The molecule has 0 radical (unpaired) electrons. The number of carbonyl (C=O) groups is 1. The van der Waals surface area contributed by atoms with E-state index in [0.29, 0.717) is 28.9 Å². The second kappa shape index (κ2) is 8.03. The van der Waals surface area contributed by atoms with E-state index in [1.165, 1.54) is 0 Å². The number of hydrogen-bond acceptors (Lipinski definition) is 1. The molecule has 0 aliphatic rings. The van der Waals surface area contributed by atoms with E-state index in [1.807, 2.05) is 0 Å². The van der Waals surface area contributed by atoms with Gasteiger partial charge in [0.25, 0.3) is 5.91 Å². The highest BCUT2D eigenvalue weighted by atomic mass is 79.9. The summed E-state index contributed by atoms with van der Waals surface area (Å²) >= 11 is 14.9. The Morgan fingerprint density at radius 3 is 2.78 bits per heavy atom. The molecule has 1 aromatic carbocycles. The Morgan fingerprint density at radius 2 is 2.22 bits per heavy atom. The van der Waals surface area contributed by atoms with Crippen LogP contribution in [0.5, 0.6) is 0 Å². The highest BCUT2D eigenvalue weighted by Crippen LogP contribution is 2.23. The summed E-state index contributed by atoms with van der Waals surface area (Å²) in [6.07, 6.45) is 1.93. The van der Waals surface area contributed by atoms with Gasteiger partial charge in [-0.25, -0.2) is 0 Å². The molecule has 0 saturated heterocycles. The monoisotopic (exact) mass is 351 g/mol. The third-order valence-corrected chi connectivity index (χ3v) is 4.26. The maximum Gasteiger partial charge on any atom is 0.251 e. The van der Waals surface area contributed by atoms with Crippen LogP contribution in [-0.2, 0) is 0 Å². The van der Waals surface area contributed by atoms with Crippen LogP contribution < -0.4 is 5.32 Å². The van der Waals surface area contributed by atoms with Gasteiger partial charge in [-0.3, -0.25) is 4.79 Å². The molecule has 0 aromatic heterocycles. The minimum atomic E-state index is -0.0830. The third kappa shape index (κ3) is 4.79. The van der Waals surface area contributed by atoms with Gasteiger partial charge in [-0.2, -0.15) is 0 Å². The maximum atomic E-state index is 11.9. The molecule has 0 aliphatic carbocycles. The molecule has 5 heteroatoms. The van der Waals surface area contributed by atoms with Crippen molar-refractivity contribution in [2.75, 3.05) is 12.4 Å². The number of amides is 1. The molecule has 1 N–H and O–H groups in total. The zero-order valence-corrected chi connectivity index (χ0v) is 13.3. The fourth-order valence-electron chi connectivity index (χ4n) is 1.58. The van der Waals surface area contributed by atoms with Crippen LogP contribution in [0.2, 0.25) is 5.02 Å². The quantitative estimate of drug-likeness (QED) is 0.751. The van der Waals surface area contributed by atoms with Crippen molar-refractivity contribution in [3.8, 4) is 0 Å². The van der Waals surface area contributed by atoms with Crippen molar-refractivity contribution in [1.29, 1.82) is 0 Å². The van der Waals surface area contributed by atoms with Crippen LogP contribution in [0.25, 0.3) is 0 Å². The van der Waals surface area contributed by atoms with Gasteiger partial charge in [0.05, 0.1) is 5.02 Å². The number of benzene rings is 1. The van der Waals surface area contributed by atoms with Crippen LogP contribution in [0, 0.1) is 5.92 Å². The molecule has 0 spiro atoms. The van der Waals surface area contributed by atoms with Crippen LogP contribution in [0.15, 0.2) is 22.7 Å². The first-order chi connectivity index (χ1) is 8.58. The molecule has 1 amide bonds. The van der Waals surface area contributed by atoms with Crippen molar-refractivity contribution in [3.63, 3.8) is 0 Å². The van der Waals surface area contributed by atoms with Gasteiger partial charge in [0.2, 0.25) is 0 Å². The highest BCUT2D eigenvalue weighted by Gasteiger charge is 2.10. The molecule has 1 rings (SSSR count). The van der Waals surface area contributed by atoms with Crippen molar-refractivity contribution in [1.82, 2.24) is 5.32 Å². The summed E-state index contributed by atoms with van der Waals surface area (Å²) in [6.45, 7) is 2.75. The summed E-state index contributed by atoms with van der Waals surface area (Å²) in [7, 11) is 0. The maximum absolute atomic E-state index is 11.9. The largest absolute Gasteiger partial charge is 0.352 e. The lowest BCUT2D eigenvalue weighted by Crippen LogP contribution is -2.29. The Morgan fingerprint density at radius 1 is 1.50 bits per heavy atom. The van der Waals surface area contributed by atoms with Gasteiger partial charge in [-0.1, -0.05) is 24.9 Å². The van der Waals surface area contributed by atoms with E-state index in [2.05, 4.69) is 28.2 Å². The van der Waals surface area contributed by atoms with Gasteiger partial charge >= 0.3 is 0 Å². The third-order valence-electron chi connectivity index (χ3n) is 2.83. The Labute approximate surface area is 126 Å². The second-order valence-electron chi connectivity index (χ2n) is 4.09. The average molecular weight is 353 g/mol. The number of nitrogens with one attached hydrogen (secondary N) is 1. The van der Waals surface area contributed by atoms with Crippen LogP contribution in [0.4, 0.5) is 0 Å². The average Bonchev–Trinajstić information content (AvgIpc) is 2.37. The van der Waals surface area contributed by atoms with Crippen molar-refractivity contribution >= 4 is 45.0 Å². The lowest BCUT2D eigenvalue weighted by Gasteiger charge is -2.14. The number of carbonyl (C=O) groups excluding carboxylic acids is 1. The number of hydrogen-bond donors (Lipinski definition) is 1. The van der Waals surface area contributed by atoms with Crippen LogP contribution in [0.1, 0.15) is 30.1 Å². The SMILES string of the molecule is CCC(CCCl)CNC(=O)c1ccc(Cl)c(Br)c1. The standard InChI is InChI=1S/C13H16BrCl2NO/c1-2-9(5-6-15)8-17-13(18)10-3-4-12(16)11(14)7-10/h3-4,7,9H,2,5-6,8H2,1H3,(H,17,18). The first kappa shape index (κ1) is 15.8. The Hall–Kier alpha value is -0.250. The molecule has 1 atom stereocenters. The Balaban J connectivity index is 2.57. The van der Waals surface area contributed by atoms with Gasteiger partial charge in [-0.05, 0) is 46.5 Å². The van der Waals surface area contributed by atoms with Gasteiger partial charge in [0.1, 0.15) is 0 Å². The predicted octanol–water partition coefficient (Wildman–Crippen LogP) is 4.49. The van der Waals surface area contributed by atoms with E-state index in [4.69, 9.17) is 23.2 Å². The van der Waals surface area contributed by atoms with Gasteiger partial charge in [0.15, 0.2) is 0 Å². The number of halogens is 3. The van der Waals surface area contributed by atoms with E-state index in [9.17, 15) is 4.79 Å². The lowest BCUT2D eigenvalue weighted by molar-refractivity contribution is 0.0946. The summed E-state index contributed by atoms with van der Waals surface area (Å²) < 4.78 is 0.726. The summed E-state index contributed by atoms with van der Waals surface area (Å²) in [5.41, 5.74) is 0.604. The smallest absolute Gasteiger partial charge is 0.251 e. The van der Waals surface area contributed by atoms with Gasteiger partial charge in [-0.15, -0.1) is 11.6 Å². The predicted molar refractivity (Wildman–Crippen MR) is 80.6 cm³/mol. The zero-order valence-electron chi connectivity index (χ0n) is 10.2. The Bertz CT molecular complexity index is 412. The molecule has 0 heterocycles. The normalized spacial score (nSPS) is 12.2. The lowest BCUT2D eigenvalue weighted by atomic mass is 10.0. The summed E-state index contributed by atoms with van der Waals surface area (Å²) in [5, 5.41) is 3.52. The van der Waals surface area contributed by atoms with E-state index in [0.717, 1.165) is 17.3 Å². The molecule has 18 heavy (non-hydrogen) atoms. The topological polar surface area (TPSA) is 29.1 Å². The van der Waals surface area contributed by atoms with Crippen molar-refractivity contribution in [3.05, 3.63) is 33.3 Å². The van der Waals surface area contributed by atoms with Crippen molar-refractivity contribution in [2.24, 2.45) is 5.92 Å². The van der Waals surface area contributed by atoms with Crippen LogP contribution >= 0.6 is 39.1 Å². The fraction of sp³-hybridized carbons (Fsp3) is 0.462. The highest BCUT2D eigenvalue weighted by molar-refractivity contribution is 9.10. The van der Waals surface area contributed by atoms with Crippen molar-refractivity contribution < 1.29 is 4.79 Å². The van der Waals surface area contributed by atoms with E-state index >= 15 is 0 Å². The van der Waals surface area contributed by atoms with Crippen LogP contribution in [-0.4, -0.2) is 18.3 Å². The molecule has 1 aromatic rings. The molecule has 1 unspecified atom stereocenters. The summed E-state index contributed by atoms with van der Waals surface area (Å²) in [6, 6.07) is 5.14. The molecule has 0 bridgehead atoms. The minimum Gasteiger partial charge on any atom is -0.352 e. The molecule has 100 valence electrons. The first-order valence-electron chi connectivity index (χ1n) is 5.87. The molecule has 0 fully saturated rings. The molecule has 0 aliphatic heterocycles. The number of rotatable bonds is 6. The van der Waals surface area contributed by atoms with Gasteiger partial charge < -0.3 is 5.32 Å². The zero-order chi connectivity index (χ0) is 13.5. The molecule has 2 nitrogen and oxygen atoms in total. The fourth-order valence-corrected chi connectivity index (χ4v) is 2.39. The summed E-state index contributed by atoms with van der Waals surface area (Å²) in [5.74, 6) is 0.975. The number of alkyl halides is 1. The second-order valence-corrected chi connectivity index (χ2v) is 5.73. The van der Waals surface area contributed by atoms with Gasteiger partial charge in [0, 0.05) is 22.5 Å². The molecular weight excluding hydrogens is 337 g/mol. The summed E-state index contributed by atoms with van der Waals surface area (Å²) in [4.78, 5) is 11.9. The van der Waals surface area contributed by atoms with E-state index in [-0.39, 0.29) is 5.91 Å². The van der Waals surface area contributed by atoms with E-state index < -0.39 is 0 Å². The van der Waals surface area contributed by atoms with Crippen molar-refractivity contribution in [2.45, 2.75) is 19.8 Å². The molecule has 0 saturated carbocycles.